The van der Waals surface area contributed by atoms with Gasteiger partial charge in [0, 0.05) is 23.7 Å². The smallest absolute Gasteiger partial charge is 0.230 e. The van der Waals surface area contributed by atoms with Gasteiger partial charge in [0.15, 0.2) is 5.78 Å². The normalized spacial score (nSPS) is 12.8. The Bertz CT molecular complexity index is 1100. The number of halogens is 3. The van der Waals surface area contributed by atoms with Gasteiger partial charge in [-0.25, -0.2) is 4.99 Å². The number of ketones is 1. The fraction of sp³-hybridized carbons (Fsp3) is 0.400. The molecule has 184 valence electrons. The van der Waals surface area contributed by atoms with Crippen molar-refractivity contribution in [2.45, 2.75) is 41.0 Å². The molecule has 0 aliphatic heterocycles. The van der Waals surface area contributed by atoms with Gasteiger partial charge in [0.2, 0.25) is 5.91 Å². The molecule has 1 heterocycles. The molecule has 0 radical (unpaired) electrons. The molecule has 0 unspecified atom stereocenters. The van der Waals surface area contributed by atoms with E-state index in [4.69, 9.17) is 40.5 Å². The Balaban J connectivity index is 2.41. The van der Waals surface area contributed by atoms with Crippen LogP contribution in [-0.4, -0.2) is 35.4 Å². The van der Waals surface area contributed by atoms with Crippen LogP contribution in [0.4, 0.5) is 5.69 Å². The predicted molar refractivity (Wildman–Crippen MR) is 145 cm³/mol. The molecule has 9 heteroatoms. The first kappa shape index (κ1) is 28.4. The first-order valence-electron chi connectivity index (χ1n) is 11.0. The quantitative estimate of drug-likeness (QED) is 0.196. The summed E-state index contributed by atoms with van der Waals surface area (Å²) in [4.78, 5) is 33.1. The van der Waals surface area contributed by atoms with Crippen LogP contribution >= 0.6 is 46.1 Å². The Labute approximate surface area is 220 Å². The highest BCUT2D eigenvalue weighted by Gasteiger charge is 2.23. The molecule has 2 N–H and O–H groups in total. The number of nitrogens with zero attached hydrogens (tertiary/aromatic N) is 2. The summed E-state index contributed by atoms with van der Waals surface area (Å²) in [6.07, 6.45) is -0.303. The first-order chi connectivity index (χ1) is 15.9. The molecular weight excluding hydrogens is 513 g/mol. The van der Waals surface area contributed by atoms with Crippen LogP contribution in [-0.2, 0) is 9.59 Å². The zero-order chi connectivity index (χ0) is 25.6. The zero-order valence-corrected chi connectivity index (χ0v) is 23.1. The average Bonchev–Trinajstić information content (AvgIpc) is 3.16. The van der Waals surface area contributed by atoms with E-state index in [-0.39, 0.29) is 18.0 Å². The summed E-state index contributed by atoms with van der Waals surface area (Å²) in [6, 6.07) is 8.49. The number of nitrogens with two attached hydrogens (primary N) is 1. The molecule has 5 nitrogen and oxygen atoms in total. The topological polar surface area (TPSA) is 75.8 Å². The van der Waals surface area contributed by atoms with Crippen LogP contribution in [0.25, 0.3) is 0 Å². The van der Waals surface area contributed by atoms with Crippen LogP contribution in [0.1, 0.15) is 45.9 Å². The van der Waals surface area contributed by atoms with Crippen LogP contribution in [0, 0.1) is 11.8 Å². The molecule has 0 saturated carbocycles. The van der Waals surface area contributed by atoms with Crippen LogP contribution in [0.3, 0.4) is 0 Å². The zero-order valence-electron chi connectivity index (χ0n) is 20.0. The van der Waals surface area contributed by atoms with E-state index in [9.17, 15) is 9.59 Å². The molecule has 0 fully saturated rings. The fourth-order valence-corrected chi connectivity index (χ4v) is 4.84. The van der Waals surface area contributed by atoms with E-state index in [1.165, 1.54) is 11.3 Å². The monoisotopic (exact) mass is 541 g/mol. The van der Waals surface area contributed by atoms with Gasteiger partial charge >= 0.3 is 0 Å². The Morgan fingerprint density at radius 2 is 1.65 bits per heavy atom. The van der Waals surface area contributed by atoms with Gasteiger partial charge in [0.05, 0.1) is 37.8 Å². The van der Waals surface area contributed by atoms with Gasteiger partial charge < -0.3 is 10.6 Å². The van der Waals surface area contributed by atoms with Crippen molar-refractivity contribution in [1.29, 1.82) is 0 Å². The Hall–Kier alpha value is -1.86. The Morgan fingerprint density at radius 1 is 1.03 bits per heavy atom. The number of carbonyl (C=O) groups is 2. The second-order valence-electron chi connectivity index (χ2n) is 8.88. The summed E-state index contributed by atoms with van der Waals surface area (Å²) in [5, 5.41) is 0.844. The van der Waals surface area contributed by atoms with E-state index in [1.54, 1.807) is 42.2 Å². The number of aliphatic imine (C=N–C) groups is 1. The van der Waals surface area contributed by atoms with Crippen LogP contribution in [0.5, 0.6) is 0 Å². The lowest BCUT2D eigenvalue weighted by Gasteiger charge is -2.26. The maximum atomic E-state index is 13.0. The summed E-state index contributed by atoms with van der Waals surface area (Å²) < 4.78 is 0.566. The summed E-state index contributed by atoms with van der Waals surface area (Å²) >= 11 is 19.8. The number of amides is 1. The molecule has 0 aliphatic carbocycles. The van der Waals surface area contributed by atoms with E-state index in [1.807, 2.05) is 27.7 Å². The molecular formula is C25H30Cl3N3O2S. The van der Waals surface area contributed by atoms with Gasteiger partial charge in [0.1, 0.15) is 0 Å². The third-order valence-corrected chi connectivity index (χ3v) is 6.62. The van der Waals surface area contributed by atoms with Crippen molar-refractivity contribution in [2.24, 2.45) is 22.6 Å². The lowest BCUT2D eigenvalue weighted by molar-refractivity contribution is -0.135. The molecule has 0 saturated heterocycles. The summed E-state index contributed by atoms with van der Waals surface area (Å²) in [5.74, 6) is -0.100. The van der Waals surface area contributed by atoms with Crippen LogP contribution < -0.4 is 5.73 Å². The van der Waals surface area contributed by atoms with E-state index in [0.717, 1.165) is 4.88 Å². The van der Waals surface area contributed by atoms with Gasteiger partial charge in [-0.1, -0.05) is 62.5 Å². The van der Waals surface area contributed by atoms with Gasteiger partial charge in [-0.3, -0.25) is 9.59 Å². The lowest BCUT2D eigenvalue weighted by Crippen LogP contribution is -2.38. The summed E-state index contributed by atoms with van der Waals surface area (Å²) in [5.41, 5.74) is 7.63. The minimum Gasteiger partial charge on any atom is -0.396 e. The minimum atomic E-state index is -0.447. The van der Waals surface area contributed by atoms with Crippen LogP contribution in [0.2, 0.25) is 14.4 Å². The predicted octanol–water partition coefficient (Wildman–Crippen LogP) is 7.16. The number of allylic oxidation sites excluding steroid dienone is 2. The molecule has 1 aromatic carbocycles. The van der Waals surface area contributed by atoms with Gasteiger partial charge in [0.25, 0.3) is 0 Å². The van der Waals surface area contributed by atoms with E-state index >= 15 is 0 Å². The highest BCUT2D eigenvalue weighted by molar-refractivity contribution is 7.18. The van der Waals surface area contributed by atoms with Crippen molar-refractivity contribution >= 4 is 69.2 Å². The average molecular weight is 543 g/mol. The van der Waals surface area contributed by atoms with E-state index in [2.05, 4.69) is 4.99 Å². The Kier molecular flexibility index (Phi) is 10.6. The molecule has 1 amide bonds. The third-order valence-electron chi connectivity index (χ3n) is 4.84. The molecule has 0 atom stereocenters. The third kappa shape index (κ3) is 8.12. The van der Waals surface area contributed by atoms with Gasteiger partial charge in [-0.05, 0) is 49.1 Å². The maximum Gasteiger partial charge on any atom is 0.230 e. The summed E-state index contributed by atoms with van der Waals surface area (Å²) in [6.45, 7) is 11.0. The van der Waals surface area contributed by atoms with Crippen molar-refractivity contribution in [2.75, 3.05) is 13.1 Å². The molecule has 0 bridgehead atoms. The van der Waals surface area contributed by atoms with Gasteiger partial charge in [-0.2, -0.15) is 0 Å². The highest BCUT2D eigenvalue weighted by atomic mass is 35.5. The molecule has 1 aromatic heterocycles. The molecule has 0 spiro atoms. The maximum absolute atomic E-state index is 13.0. The standard InChI is InChI=1S/C25H30Cl3N3O2S/c1-14(2)12-31(13-15(3)4)23(33)11-20(32)24(29)16(5)25(21-8-9-22(28)34-21)30-19-7-6-17(26)10-18(19)27/h6-10,14-15H,11-13,29H2,1-5H3/b24-16-,30-25?. The summed E-state index contributed by atoms with van der Waals surface area (Å²) in [7, 11) is 0. The fourth-order valence-electron chi connectivity index (χ4n) is 3.30. The number of rotatable bonds is 10. The number of carbonyl (C=O) groups excluding carboxylic acids is 2. The minimum absolute atomic E-state index is 0.0178. The van der Waals surface area contributed by atoms with Crippen molar-refractivity contribution in [1.82, 2.24) is 4.90 Å². The first-order valence-corrected chi connectivity index (χ1v) is 12.9. The largest absolute Gasteiger partial charge is 0.396 e. The second-order valence-corrected chi connectivity index (χ2v) is 11.4. The number of hydrogen-bond donors (Lipinski definition) is 1. The number of Topliss-reactive ketones (excluding diaryl/α,β-unsaturated/α-hetero) is 1. The SMILES string of the molecule is C/C(C(=Nc1ccc(Cl)cc1Cl)c1ccc(Cl)s1)=C(/N)C(=O)CC(=O)N(CC(C)C)CC(C)C. The van der Waals surface area contributed by atoms with E-state index in [0.29, 0.717) is 56.3 Å². The van der Waals surface area contributed by atoms with Crippen molar-refractivity contribution in [3.05, 3.63) is 60.9 Å². The van der Waals surface area contributed by atoms with Crippen molar-refractivity contribution in [3.63, 3.8) is 0 Å². The molecule has 2 aromatic rings. The molecule has 2 rings (SSSR count). The number of benzene rings is 1. The van der Waals surface area contributed by atoms with E-state index < -0.39 is 5.78 Å². The van der Waals surface area contributed by atoms with Crippen molar-refractivity contribution in [3.8, 4) is 0 Å². The number of hydrogen-bond acceptors (Lipinski definition) is 5. The molecule has 34 heavy (non-hydrogen) atoms. The van der Waals surface area contributed by atoms with Crippen LogP contribution in [0.15, 0.2) is 46.6 Å². The molecule has 0 aliphatic rings. The highest BCUT2D eigenvalue weighted by Crippen LogP contribution is 2.32. The number of thiophene rings is 1. The second kappa shape index (κ2) is 12.7. The van der Waals surface area contributed by atoms with Crippen molar-refractivity contribution < 1.29 is 9.59 Å². The van der Waals surface area contributed by atoms with Gasteiger partial charge in [-0.15, -0.1) is 11.3 Å². The Morgan fingerprint density at radius 3 is 2.15 bits per heavy atom. The lowest BCUT2D eigenvalue weighted by atomic mass is 10.0.